The number of methoxy groups -OCH3 is 1. The van der Waals surface area contributed by atoms with Gasteiger partial charge in [0.1, 0.15) is 18.0 Å². The number of nitrogens with one attached hydrogen (secondary N) is 1. The topological polar surface area (TPSA) is 108 Å². The maximum absolute atomic E-state index is 12.3. The van der Waals surface area contributed by atoms with Crippen LogP contribution in [0.25, 0.3) is 0 Å². The van der Waals surface area contributed by atoms with Gasteiger partial charge in [-0.2, -0.15) is 5.10 Å². The fraction of sp³-hybridized carbons (Fsp3) is 0.222. The smallest absolute Gasteiger partial charge is 0.260 e. The SMILES string of the molecule is COc1ccccc1N(CC(=O)N/N=C(\C)c1ccccc1O)S(C)(=O)=O. The molecule has 0 unspecified atom stereocenters. The van der Waals surface area contributed by atoms with Crippen molar-refractivity contribution in [3.8, 4) is 11.5 Å². The van der Waals surface area contributed by atoms with Gasteiger partial charge in [0.05, 0.1) is 24.8 Å². The van der Waals surface area contributed by atoms with E-state index in [4.69, 9.17) is 4.74 Å². The Morgan fingerprint density at radius 1 is 1.19 bits per heavy atom. The summed E-state index contributed by atoms with van der Waals surface area (Å²) in [6.45, 7) is 1.14. The van der Waals surface area contributed by atoms with Crippen LogP contribution in [-0.2, 0) is 14.8 Å². The third kappa shape index (κ3) is 5.20. The molecule has 8 nitrogen and oxygen atoms in total. The zero-order valence-corrected chi connectivity index (χ0v) is 16.0. The largest absolute Gasteiger partial charge is 0.507 e. The van der Waals surface area contributed by atoms with Crippen LogP contribution in [0.2, 0.25) is 0 Å². The van der Waals surface area contributed by atoms with E-state index in [1.807, 2.05) is 0 Å². The maximum atomic E-state index is 12.3. The van der Waals surface area contributed by atoms with Crippen molar-refractivity contribution in [2.24, 2.45) is 5.10 Å². The number of anilines is 1. The Bertz CT molecular complexity index is 957. The van der Waals surface area contributed by atoms with E-state index in [1.165, 1.54) is 13.2 Å². The number of aromatic hydroxyl groups is 1. The quantitative estimate of drug-likeness (QED) is 0.552. The molecule has 2 aromatic carbocycles. The summed E-state index contributed by atoms with van der Waals surface area (Å²) >= 11 is 0. The Labute approximate surface area is 158 Å². The highest BCUT2D eigenvalue weighted by molar-refractivity contribution is 7.92. The summed E-state index contributed by atoms with van der Waals surface area (Å²) in [5.74, 6) is -0.287. The number of phenolic OH excluding ortho intramolecular Hbond substituents is 1. The number of hydrazone groups is 1. The lowest BCUT2D eigenvalue weighted by Gasteiger charge is -2.23. The van der Waals surface area contributed by atoms with Crippen LogP contribution in [0.5, 0.6) is 11.5 Å². The first-order valence-electron chi connectivity index (χ1n) is 7.96. The molecule has 0 atom stereocenters. The van der Waals surface area contributed by atoms with Crippen molar-refractivity contribution in [1.82, 2.24) is 5.43 Å². The molecule has 0 heterocycles. The van der Waals surface area contributed by atoms with Gasteiger partial charge in [0.2, 0.25) is 10.0 Å². The predicted molar refractivity (Wildman–Crippen MR) is 104 cm³/mol. The molecule has 1 amide bonds. The van der Waals surface area contributed by atoms with E-state index in [0.717, 1.165) is 10.6 Å². The van der Waals surface area contributed by atoms with Crippen molar-refractivity contribution in [3.63, 3.8) is 0 Å². The Hall–Kier alpha value is -3.07. The third-order valence-electron chi connectivity index (χ3n) is 3.68. The summed E-state index contributed by atoms with van der Waals surface area (Å²) < 4.78 is 30.4. The van der Waals surface area contributed by atoms with E-state index >= 15 is 0 Å². The van der Waals surface area contributed by atoms with Crippen molar-refractivity contribution in [3.05, 3.63) is 54.1 Å². The molecular formula is C18H21N3O5S. The van der Waals surface area contributed by atoms with E-state index in [2.05, 4.69) is 10.5 Å². The van der Waals surface area contributed by atoms with Crippen LogP contribution in [0.4, 0.5) is 5.69 Å². The number of amides is 1. The minimum atomic E-state index is -3.74. The number of phenols is 1. The van der Waals surface area contributed by atoms with Gasteiger partial charge < -0.3 is 9.84 Å². The second-order valence-electron chi connectivity index (χ2n) is 5.69. The first-order chi connectivity index (χ1) is 12.7. The summed E-state index contributed by atoms with van der Waals surface area (Å²) in [4.78, 5) is 12.3. The summed E-state index contributed by atoms with van der Waals surface area (Å²) in [7, 11) is -2.32. The van der Waals surface area contributed by atoms with Gasteiger partial charge in [-0.1, -0.05) is 24.3 Å². The molecular weight excluding hydrogens is 370 g/mol. The van der Waals surface area contributed by atoms with Crippen molar-refractivity contribution in [1.29, 1.82) is 0 Å². The monoisotopic (exact) mass is 391 g/mol. The van der Waals surface area contributed by atoms with E-state index in [0.29, 0.717) is 17.0 Å². The van der Waals surface area contributed by atoms with Crippen LogP contribution in [0.1, 0.15) is 12.5 Å². The molecule has 2 aromatic rings. The molecule has 0 spiro atoms. The van der Waals surface area contributed by atoms with Crippen molar-refractivity contribution >= 4 is 27.3 Å². The number of carbonyl (C=O) groups is 1. The molecule has 0 aromatic heterocycles. The number of carbonyl (C=O) groups excluding carboxylic acids is 1. The Kier molecular flexibility index (Phi) is 6.40. The minimum Gasteiger partial charge on any atom is -0.507 e. The molecule has 0 saturated heterocycles. The number of hydrogen-bond acceptors (Lipinski definition) is 6. The van der Waals surface area contributed by atoms with Crippen molar-refractivity contribution in [2.45, 2.75) is 6.92 Å². The molecule has 2 N–H and O–H groups in total. The zero-order valence-electron chi connectivity index (χ0n) is 15.2. The minimum absolute atomic E-state index is 0.0276. The molecule has 27 heavy (non-hydrogen) atoms. The van der Waals surface area contributed by atoms with Gasteiger partial charge in [0.15, 0.2) is 0 Å². The van der Waals surface area contributed by atoms with Gasteiger partial charge in [0.25, 0.3) is 5.91 Å². The van der Waals surface area contributed by atoms with E-state index < -0.39 is 22.5 Å². The predicted octanol–water partition coefficient (Wildman–Crippen LogP) is 1.71. The molecule has 0 saturated carbocycles. The lowest BCUT2D eigenvalue weighted by atomic mass is 10.1. The van der Waals surface area contributed by atoms with Crippen LogP contribution >= 0.6 is 0 Å². The second-order valence-corrected chi connectivity index (χ2v) is 7.60. The number of nitrogens with zero attached hydrogens (tertiary/aromatic N) is 2. The van der Waals surface area contributed by atoms with Crippen LogP contribution in [0.3, 0.4) is 0 Å². The summed E-state index contributed by atoms with van der Waals surface area (Å²) in [5, 5.41) is 13.7. The lowest BCUT2D eigenvalue weighted by Crippen LogP contribution is -2.39. The Morgan fingerprint density at radius 3 is 2.44 bits per heavy atom. The summed E-state index contributed by atoms with van der Waals surface area (Å²) in [6, 6.07) is 13.0. The number of para-hydroxylation sites is 3. The highest BCUT2D eigenvalue weighted by Crippen LogP contribution is 2.29. The standard InChI is InChI=1S/C18H21N3O5S/c1-13(14-8-4-6-10-16(14)22)19-20-18(23)12-21(27(3,24)25)15-9-5-7-11-17(15)26-2/h4-11,22H,12H2,1-3H3,(H,20,23)/b19-13+. The lowest BCUT2D eigenvalue weighted by molar-refractivity contribution is -0.119. The highest BCUT2D eigenvalue weighted by atomic mass is 32.2. The molecule has 0 aliphatic rings. The van der Waals surface area contributed by atoms with Gasteiger partial charge in [-0.05, 0) is 31.2 Å². The first kappa shape index (κ1) is 20.2. The number of rotatable bonds is 7. The van der Waals surface area contributed by atoms with Crippen LogP contribution < -0.4 is 14.5 Å². The average molecular weight is 391 g/mol. The third-order valence-corrected chi connectivity index (χ3v) is 4.81. The Balaban J connectivity index is 2.20. The zero-order chi connectivity index (χ0) is 20.0. The molecule has 0 bridgehead atoms. The molecule has 0 aliphatic carbocycles. The molecule has 0 aliphatic heterocycles. The van der Waals surface area contributed by atoms with Gasteiger partial charge in [-0.3, -0.25) is 9.10 Å². The number of sulfonamides is 1. The second kappa shape index (κ2) is 8.54. The van der Waals surface area contributed by atoms with Gasteiger partial charge >= 0.3 is 0 Å². The fourth-order valence-corrected chi connectivity index (χ4v) is 3.23. The summed E-state index contributed by atoms with van der Waals surface area (Å²) in [6.07, 6.45) is 1.00. The van der Waals surface area contributed by atoms with Crippen LogP contribution in [0.15, 0.2) is 53.6 Å². The molecule has 9 heteroatoms. The summed E-state index contributed by atoms with van der Waals surface area (Å²) in [5.41, 5.74) is 3.40. The molecule has 0 fully saturated rings. The van der Waals surface area contributed by atoms with Gasteiger partial charge in [-0.15, -0.1) is 0 Å². The van der Waals surface area contributed by atoms with Crippen molar-refractivity contribution in [2.75, 3.05) is 24.2 Å². The number of ether oxygens (including phenoxy) is 1. The van der Waals surface area contributed by atoms with Crippen LogP contribution in [-0.4, -0.2) is 45.1 Å². The molecule has 0 radical (unpaired) electrons. The Morgan fingerprint density at radius 2 is 1.81 bits per heavy atom. The highest BCUT2D eigenvalue weighted by Gasteiger charge is 2.23. The van der Waals surface area contributed by atoms with Gasteiger partial charge in [-0.25, -0.2) is 13.8 Å². The van der Waals surface area contributed by atoms with E-state index in [1.54, 1.807) is 49.4 Å². The molecule has 2 rings (SSSR count). The maximum Gasteiger partial charge on any atom is 0.260 e. The first-order valence-corrected chi connectivity index (χ1v) is 9.81. The average Bonchev–Trinajstić information content (AvgIpc) is 2.63. The van der Waals surface area contributed by atoms with Crippen LogP contribution in [0, 0.1) is 0 Å². The normalized spacial score (nSPS) is 11.7. The van der Waals surface area contributed by atoms with Gasteiger partial charge in [0, 0.05) is 5.56 Å². The number of hydrogen-bond donors (Lipinski definition) is 2. The van der Waals surface area contributed by atoms with E-state index in [-0.39, 0.29) is 11.4 Å². The fourth-order valence-electron chi connectivity index (χ4n) is 2.37. The van der Waals surface area contributed by atoms with Crippen molar-refractivity contribution < 1.29 is 23.1 Å². The van der Waals surface area contributed by atoms with E-state index in [9.17, 15) is 18.3 Å². The number of benzene rings is 2. The molecule has 144 valence electrons.